The minimum Gasteiger partial charge on any atom is -0.393 e. The number of aliphatic hydroxyl groups excluding tert-OH is 7. The molecule has 0 radical (unpaired) electrons. The van der Waals surface area contributed by atoms with Gasteiger partial charge in [-0.1, -0.05) is 174 Å². The van der Waals surface area contributed by atoms with E-state index in [4.69, 9.17) is 9.05 Å². The minimum atomic E-state index is -5.12. The van der Waals surface area contributed by atoms with Crippen molar-refractivity contribution in [2.24, 2.45) is 0 Å². The van der Waals surface area contributed by atoms with Crippen LogP contribution in [0.1, 0.15) is 206 Å². The summed E-state index contributed by atoms with van der Waals surface area (Å²) in [7, 11) is -5.12. The van der Waals surface area contributed by atoms with Crippen LogP contribution < -0.4 is 5.32 Å². The van der Waals surface area contributed by atoms with Crippen molar-refractivity contribution >= 4 is 13.7 Å². The van der Waals surface area contributed by atoms with Gasteiger partial charge >= 0.3 is 7.82 Å². The van der Waals surface area contributed by atoms with Crippen LogP contribution in [0.2, 0.25) is 0 Å². The molecule has 14 heteroatoms. The largest absolute Gasteiger partial charge is 0.472 e. The lowest BCUT2D eigenvalue weighted by Gasteiger charge is -2.41. The number of hydrogen-bond acceptors (Lipinski definition) is 11. The molecule has 8 atom stereocenters. The highest BCUT2D eigenvalue weighted by atomic mass is 31.2. The maximum Gasteiger partial charge on any atom is 0.472 e. The molecule has 0 aromatic heterocycles. The van der Waals surface area contributed by atoms with Gasteiger partial charge in [-0.3, -0.25) is 13.8 Å². The second kappa shape index (κ2) is 35.5. The molecule has 0 heterocycles. The summed E-state index contributed by atoms with van der Waals surface area (Å²) >= 11 is 0. The number of allylic oxidation sites excluding steroid dienone is 2. The third-order valence-corrected chi connectivity index (χ3v) is 12.6. The minimum absolute atomic E-state index is 0.230. The lowest BCUT2D eigenvalue weighted by atomic mass is 9.85. The fourth-order valence-corrected chi connectivity index (χ4v) is 8.68. The summed E-state index contributed by atoms with van der Waals surface area (Å²) in [4.78, 5) is 23.5. The molecule has 1 saturated carbocycles. The maximum atomic E-state index is 13.0. The summed E-state index contributed by atoms with van der Waals surface area (Å²) < 4.78 is 22.9. The summed E-state index contributed by atoms with van der Waals surface area (Å²) in [6, 6.07) is -1.16. The van der Waals surface area contributed by atoms with Crippen molar-refractivity contribution < 1.29 is 59.0 Å². The van der Waals surface area contributed by atoms with Crippen LogP contribution in [-0.4, -0.2) is 108 Å². The predicted molar refractivity (Wildman–Crippen MR) is 234 cm³/mol. The lowest BCUT2D eigenvalue weighted by Crippen LogP contribution is -2.64. The molecule has 0 aliphatic heterocycles. The monoisotopic (exact) mass is 866 g/mol. The van der Waals surface area contributed by atoms with E-state index in [1.165, 1.54) is 109 Å². The number of hydrogen-bond donors (Lipinski definition) is 9. The smallest absolute Gasteiger partial charge is 0.393 e. The van der Waals surface area contributed by atoms with Gasteiger partial charge in [0.05, 0.1) is 31.3 Å². The Hall–Kier alpha value is -0.960. The number of phosphoric ester groups is 1. The lowest BCUT2D eigenvalue weighted by molar-refractivity contribution is -0.220. The van der Waals surface area contributed by atoms with Gasteiger partial charge in [-0.2, -0.15) is 0 Å². The Labute approximate surface area is 357 Å². The van der Waals surface area contributed by atoms with Crippen LogP contribution in [0.3, 0.4) is 0 Å². The Balaban J connectivity index is 2.53. The Kier molecular flexibility index (Phi) is 33.7. The Morgan fingerprint density at radius 3 is 1.41 bits per heavy atom. The van der Waals surface area contributed by atoms with Gasteiger partial charge in [0.2, 0.25) is 5.91 Å². The van der Waals surface area contributed by atoms with Crippen LogP contribution in [-0.2, 0) is 18.4 Å². The van der Waals surface area contributed by atoms with E-state index in [1.807, 2.05) is 0 Å². The van der Waals surface area contributed by atoms with Crippen molar-refractivity contribution in [1.82, 2.24) is 5.32 Å². The average Bonchev–Trinajstić information content (AvgIpc) is 3.21. The number of phosphoric acid groups is 1. The first-order chi connectivity index (χ1) is 28.3. The molecule has 0 spiro atoms. The van der Waals surface area contributed by atoms with Gasteiger partial charge in [0, 0.05) is 0 Å². The van der Waals surface area contributed by atoms with E-state index in [-0.39, 0.29) is 12.8 Å². The molecule has 8 unspecified atom stereocenters. The number of carbonyl (C=O) groups excluding carboxylic acids is 1. The molecule has 59 heavy (non-hydrogen) atoms. The zero-order chi connectivity index (χ0) is 43.7. The van der Waals surface area contributed by atoms with Crippen molar-refractivity contribution in [1.29, 1.82) is 0 Å². The summed E-state index contributed by atoms with van der Waals surface area (Å²) in [6.07, 6.45) is 22.6. The van der Waals surface area contributed by atoms with E-state index >= 15 is 0 Å². The van der Waals surface area contributed by atoms with Crippen LogP contribution in [0, 0.1) is 0 Å². The second-order valence-corrected chi connectivity index (χ2v) is 18.6. The Bertz CT molecular complexity index is 1070. The molecule has 1 aliphatic rings. The second-order valence-electron chi connectivity index (χ2n) is 17.1. The van der Waals surface area contributed by atoms with Crippen LogP contribution in [0.25, 0.3) is 0 Å². The number of rotatable bonds is 39. The van der Waals surface area contributed by atoms with E-state index in [2.05, 4.69) is 31.3 Å². The molecule has 1 amide bonds. The first-order valence-corrected chi connectivity index (χ1v) is 25.2. The predicted octanol–water partition coefficient (Wildman–Crippen LogP) is 7.81. The fourth-order valence-electron chi connectivity index (χ4n) is 7.71. The Morgan fingerprint density at radius 1 is 0.576 bits per heavy atom. The molecule has 13 nitrogen and oxygen atoms in total. The molecule has 350 valence electrons. The van der Waals surface area contributed by atoms with E-state index in [0.29, 0.717) is 12.8 Å². The number of carbonyl (C=O) groups is 1. The first-order valence-electron chi connectivity index (χ1n) is 23.7. The van der Waals surface area contributed by atoms with E-state index in [0.717, 1.165) is 57.8 Å². The standard InChI is InChI=1S/C45H88NO12P/c1-3-5-7-9-11-13-15-17-19-21-23-25-27-29-31-33-38(48)37(35-57-59(55,56)58-45-43(53)41(51)40(50)42(52)44(45)54)46-39(49)34-36(47)32-30-28-26-24-22-20-18-16-14-12-10-8-6-4-2/h20,22,36-38,40-45,47-48,50-54H,3-19,21,23-35H2,1-2H3,(H,46,49)(H,55,56)/b22-20-. The molecule has 1 fully saturated rings. The van der Waals surface area contributed by atoms with Gasteiger partial charge < -0.3 is 46.0 Å². The number of amides is 1. The normalized spacial score (nSPS) is 23.6. The number of nitrogens with one attached hydrogen (secondary N) is 1. The summed E-state index contributed by atoms with van der Waals surface area (Å²) in [5, 5.41) is 74.6. The quantitative estimate of drug-likeness (QED) is 0.0164. The molecule has 0 saturated heterocycles. The summed E-state index contributed by atoms with van der Waals surface area (Å²) in [5.74, 6) is -0.568. The van der Waals surface area contributed by atoms with E-state index in [1.54, 1.807) is 0 Å². The molecule has 0 aromatic rings. The highest BCUT2D eigenvalue weighted by molar-refractivity contribution is 7.47. The van der Waals surface area contributed by atoms with Gasteiger partial charge in [0.15, 0.2) is 0 Å². The third-order valence-electron chi connectivity index (χ3n) is 11.6. The van der Waals surface area contributed by atoms with Gasteiger partial charge in [-0.15, -0.1) is 0 Å². The highest BCUT2D eigenvalue weighted by Gasteiger charge is 2.51. The summed E-state index contributed by atoms with van der Waals surface area (Å²) in [6.45, 7) is 3.78. The molecule has 1 aliphatic carbocycles. The van der Waals surface area contributed by atoms with Crippen molar-refractivity contribution in [2.45, 2.75) is 261 Å². The number of aliphatic hydroxyl groups is 7. The molecule has 0 aromatic carbocycles. The average molecular weight is 866 g/mol. The Morgan fingerprint density at radius 2 is 0.949 bits per heavy atom. The third kappa shape index (κ3) is 27.7. The maximum absolute atomic E-state index is 13.0. The van der Waals surface area contributed by atoms with Gasteiger partial charge in [-0.25, -0.2) is 4.57 Å². The molecular weight excluding hydrogens is 777 g/mol. The van der Waals surface area contributed by atoms with Gasteiger partial charge in [-0.05, 0) is 38.5 Å². The van der Waals surface area contributed by atoms with E-state index < -0.39 is 75.2 Å². The van der Waals surface area contributed by atoms with Crippen molar-refractivity contribution in [3.8, 4) is 0 Å². The zero-order valence-electron chi connectivity index (χ0n) is 36.9. The van der Waals surface area contributed by atoms with Crippen molar-refractivity contribution in [3.05, 3.63) is 12.2 Å². The van der Waals surface area contributed by atoms with Crippen LogP contribution >= 0.6 is 7.82 Å². The van der Waals surface area contributed by atoms with Crippen molar-refractivity contribution in [2.75, 3.05) is 6.61 Å². The SMILES string of the molecule is CCCCCCCCC/C=C\CCCCCC(O)CC(=O)NC(COP(=O)(O)OC1C(O)C(O)C(O)C(O)C1O)C(O)CCCCCCCCCCCCCCCCC. The van der Waals surface area contributed by atoms with Gasteiger partial charge in [0.1, 0.15) is 36.6 Å². The molecular formula is C45H88NO12P. The first kappa shape index (κ1) is 56.1. The highest BCUT2D eigenvalue weighted by Crippen LogP contribution is 2.47. The topological polar surface area (TPSA) is 226 Å². The molecule has 0 bridgehead atoms. The zero-order valence-corrected chi connectivity index (χ0v) is 37.8. The van der Waals surface area contributed by atoms with Crippen LogP contribution in [0.15, 0.2) is 12.2 Å². The van der Waals surface area contributed by atoms with Gasteiger partial charge in [0.25, 0.3) is 0 Å². The van der Waals surface area contributed by atoms with E-state index in [9.17, 15) is 50.0 Å². The molecule has 1 rings (SSSR count). The van der Waals surface area contributed by atoms with Crippen LogP contribution in [0.4, 0.5) is 0 Å². The van der Waals surface area contributed by atoms with Crippen molar-refractivity contribution in [3.63, 3.8) is 0 Å². The fraction of sp³-hybridized carbons (Fsp3) is 0.933. The van der Waals surface area contributed by atoms with Crippen LogP contribution in [0.5, 0.6) is 0 Å². The molecule has 9 N–H and O–H groups in total. The summed E-state index contributed by atoms with van der Waals surface area (Å²) in [5.41, 5.74) is 0. The number of unbranched alkanes of at least 4 members (excludes halogenated alkanes) is 24.